The van der Waals surface area contributed by atoms with Crippen LogP contribution in [0.4, 0.5) is 0 Å². The van der Waals surface area contributed by atoms with Gasteiger partial charge in [-0.1, -0.05) is 42.5 Å². The summed E-state index contributed by atoms with van der Waals surface area (Å²) in [4.78, 5) is 0. The first-order valence-electron chi connectivity index (χ1n) is 4.11. The van der Waals surface area contributed by atoms with E-state index in [1.165, 1.54) is 5.56 Å². The van der Waals surface area contributed by atoms with E-state index in [1.54, 1.807) is 0 Å². The summed E-state index contributed by atoms with van der Waals surface area (Å²) >= 11 is 0. The Morgan fingerprint density at radius 3 is 2.15 bits per heavy atom. The number of allylic oxidation sites excluding steroid dienone is 2. The number of dihydropyridines is 1. The summed E-state index contributed by atoms with van der Waals surface area (Å²) in [6.45, 7) is 0. The summed E-state index contributed by atoms with van der Waals surface area (Å²) in [6, 6.07) is 10.5. The summed E-state index contributed by atoms with van der Waals surface area (Å²) in [6.07, 6.45) is 8.24. The van der Waals surface area contributed by atoms with Crippen LogP contribution < -0.4 is 5.32 Å². The zero-order valence-electron chi connectivity index (χ0n) is 7.48. The standard InChI is InChI=1S/C11H11N.Ca/c1-2-4-10(5-3-1)11-6-8-12-9-7-11;/h1-9,11-12H;. The second-order valence-electron chi connectivity index (χ2n) is 2.82. The fourth-order valence-corrected chi connectivity index (χ4v) is 1.34. The molecule has 1 aromatic rings. The molecule has 13 heavy (non-hydrogen) atoms. The average Bonchev–Trinajstić information content (AvgIpc) is 2.21. The number of hydrogen-bond acceptors (Lipinski definition) is 1. The zero-order chi connectivity index (χ0) is 8.23. The van der Waals surface area contributed by atoms with Gasteiger partial charge in [0.25, 0.3) is 0 Å². The van der Waals surface area contributed by atoms with Crippen molar-refractivity contribution in [2.75, 3.05) is 0 Å². The molecule has 1 heterocycles. The van der Waals surface area contributed by atoms with Crippen molar-refractivity contribution >= 4 is 37.7 Å². The summed E-state index contributed by atoms with van der Waals surface area (Å²) in [5.41, 5.74) is 1.34. The van der Waals surface area contributed by atoms with Crippen LogP contribution in [0.2, 0.25) is 0 Å². The predicted molar refractivity (Wildman–Crippen MR) is 56.4 cm³/mol. The number of nitrogens with one attached hydrogen (secondary N) is 1. The maximum Gasteiger partial charge on any atom is 0.0232 e. The number of benzene rings is 1. The average molecular weight is 197 g/mol. The molecule has 2 rings (SSSR count). The SMILES string of the molecule is C1=CC(c2ccccc2)C=CN1.[Ca]. The monoisotopic (exact) mass is 197 g/mol. The molecule has 1 N–H and O–H groups in total. The summed E-state index contributed by atoms with van der Waals surface area (Å²) in [7, 11) is 0. The van der Waals surface area contributed by atoms with E-state index in [9.17, 15) is 0 Å². The quantitative estimate of drug-likeness (QED) is 0.679. The number of rotatable bonds is 1. The molecule has 0 fully saturated rings. The molecule has 0 saturated heterocycles. The van der Waals surface area contributed by atoms with Crippen LogP contribution >= 0.6 is 0 Å². The van der Waals surface area contributed by atoms with Crippen molar-refractivity contribution in [2.24, 2.45) is 0 Å². The molecule has 1 aromatic carbocycles. The van der Waals surface area contributed by atoms with Gasteiger partial charge in [0.1, 0.15) is 0 Å². The second-order valence-corrected chi connectivity index (χ2v) is 2.82. The predicted octanol–water partition coefficient (Wildman–Crippen LogP) is 2.02. The van der Waals surface area contributed by atoms with Crippen molar-refractivity contribution in [1.82, 2.24) is 5.32 Å². The van der Waals surface area contributed by atoms with Crippen molar-refractivity contribution in [3.63, 3.8) is 0 Å². The van der Waals surface area contributed by atoms with Crippen LogP contribution in [0.1, 0.15) is 11.5 Å². The van der Waals surface area contributed by atoms with Gasteiger partial charge in [0, 0.05) is 43.7 Å². The minimum atomic E-state index is 0. The van der Waals surface area contributed by atoms with Crippen LogP contribution in [-0.4, -0.2) is 37.7 Å². The van der Waals surface area contributed by atoms with E-state index in [-0.39, 0.29) is 37.7 Å². The fourth-order valence-electron chi connectivity index (χ4n) is 1.34. The molecular weight excluding hydrogens is 186 g/mol. The first-order chi connectivity index (χ1) is 5.97. The molecule has 0 bridgehead atoms. The first kappa shape index (κ1) is 10.8. The molecule has 1 aliphatic heterocycles. The minimum Gasteiger partial charge on any atom is -0.368 e. The molecule has 1 nitrogen and oxygen atoms in total. The molecule has 0 saturated carbocycles. The van der Waals surface area contributed by atoms with E-state index in [0.717, 1.165) is 0 Å². The van der Waals surface area contributed by atoms with Crippen molar-refractivity contribution in [3.05, 3.63) is 60.4 Å². The largest absolute Gasteiger partial charge is 0.368 e. The van der Waals surface area contributed by atoms with Crippen LogP contribution in [0.5, 0.6) is 0 Å². The fraction of sp³-hybridized carbons (Fsp3) is 0.0909. The van der Waals surface area contributed by atoms with Crippen molar-refractivity contribution in [1.29, 1.82) is 0 Å². The molecule has 62 valence electrons. The molecule has 0 aromatic heterocycles. The van der Waals surface area contributed by atoms with Crippen LogP contribution in [0.25, 0.3) is 0 Å². The van der Waals surface area contributed by atoms with Gasteiger partial charge in [-0.3, -0.25) is 0 Å². The van der Waals surface area contributed by atoms with Gasteiger partial charge in [-0.15, -0.1) is 0 Å². The molecule has 0 atom stereocenters. The van der Waals surface area contributed by atoms with Crippen LogP contribution in [0, 0.1) is 0 Å². The summed E-state index contributed by atoms with van der Waals surface area (Å²) < 4.78 is 0. The molecular formula is C11H11CaN. The van der Waals surface area contributed by atoms with Gasteiger partial charge in [0.05, 0.1) is 0 Å². The molecule has 0 aliphatic carbocycles. The Labute approximate surface area is 109 Å². The van der Waals surface area contributed by atoms with Gasteiger partial charge in [-0.2, -0.15) is 0 Å². The molecule has 2 heteroatoms. The zero-order valence-corrected chi connectivity index (χ0v) is 9.69. The third kappa shape index (κ3) is 2.87. The summed E-state index contributed by atoms with van der Waals surface area (Å²) in [5.74, 6) is 0.437. The number of hydrogen-bond donors (Lipinski definition) is 1. The van der Waals surface area contributed by atoms with Gasteiger partial charge < -0.3 is 5.32 Å². The smallest absolute Gasteiger partial charge is 0.0232 e. The Hall–Kier alpha value is -0.240. The first-order valence-corrected chi connectivity index (χ1v) is 4.11. The minimum absolute atomic E-state index is 0. The van der Waals surface area contributed by atoms with E-state index in [1.807, 2.05) is 18.5 Å². The van der Waals surface area contributed by atoms with E-state index in [0.29, 0.717) is 5.92 Å². The van der Waals surface area contributed by atoms with Crippen LogP contribution in [0.15, 0.2) is 54.9 Å². The van der Waals surface area contributed by atoms with Gasteiger partial charge in [0.2, 0.25) is 0 Å². The van der Waals surface area contributed by atoms with Gasteiger partial charge in [-0.25, -0.2) is 0 Å². The van der Waals surface area contributed by atoms with Crippen molar-refractivity contribution in [2.45, 2.75) is 5.92 Å². The Bertz CT molecular complexity index is 291. The maximum absolute atomic E-state index is 3.02. The summed E-state index contributed by atoms with van der Waals surface area (Å²) in [5, 5.41) is 3.02. The van der Waals surface area contributed by atoms with Crippen LogP contribution in [-0.2, 0) is 0 Å². The maximum atomic E-state index is 3.02. The van der Waals surface area contributed by atoms with Gasteiger partial charge in [0.15, 0.2) is 0 Å². The topological polar surface area (TPSA) is 12.0 Å². The third-order valence-electron chi connectivity index (χ3n) is 1.98. The Morgan fingerprint density at radius 1 is 0.923 bits per heavy atom. The molecule has 0 unspecified atom stereocenters. The second kappa shape index (κ2) is 5.48. The normalized spacial score (nSPS) is 14.8. The Kier molecular flexibility index (Phi) is 4.57. The van der Waals surface area contributed by atoms with Gasteiger partial charge in [-0.05, 0) is 18.0 Å². The van der Waals surface area contributed by atoms with E-state index in [2.05, 4.69) is 41.7 Å². The molecule has 2 radical (unpaired) electrons. The van der Waals surface area contributed by atoms with E-state index in [4.69, 9.17) is 0 Å². The van der Waals surface area contributed by atoms with E-state index >= 15 is 0 Å². The molecule has 0 amide bonds. The molecule has 1 aliphatic rings. The third-order valence-corrected chi connectivity index (χ3v) is 1.98. The van der Waals surface area contributed by atoms with Crippen LogP contribution in [0.3, 0.4) is 0 Å². The Morgan fingerprint density at radius 2 is 1.54 bits per heavy atom. The Balaban J connectivity index is 0.000000845. The van der Waals surface area contributed by atoms with Crippen molar-refractivity contribution < 1.29 is 0 Å². The van der Waals surface area contributed by atoms with Crippen molar-refractivity contribution in [3.8, 4) is 0 Å². The van der Waals surface area contributed by atoms with Gasteiger partial charge >= 0.3 is 0 Å². The van der Waals surface area contributed by atoms with E-state index < -0.39 is 0 Å². The molecule has 0 spiro atoms.